The first-order valence-electron chi connectivity index (χ1n) is 6.48. The van der Waals surface area contributed by atoms with E-state index in [0.29, 0.717) is 0 Å². The van der Waals surface area contributed by atoms with Crippen LogP contribution in [0.3, 0.4) is 0 Å². The molecule has 0 spiro atoms. The molecule has 0 N–H and O–H groups in total. The first kappa shape index (κ1) is 12.5. The first-order valence-corrected chi connectivity index (χ1v) is 6.48. The van der Waals surface area contributed by atoms with Gasteiger partial charge in [-0.1, -0.05) is 47.6 Å². The molecule has 0 radical (unpaired) electrons. The average molecular weight is 265 g/mol. The Bertz CT molecular complexity index is 672. The van der Waals surface area contributed by atoms with E-state index in [4.69, 9.17) is 9.26 Å². The van der Waals surface area contributed by atoms with Crippen LogP contribution in [0.25, 0.3) is 11.3 Å². The fraction of sp³-hybridized carbons (Fsp3) is 0.118. The molecule has 3 rings (SSSR count). The molecular formula is C17H15NO2. The van der Waals surface area contributed by atoms with Crippen LogP contribution in [0.2, 0.25) is 0 Å². The van der Waals surface area contributed by atoms with E-state index in [1.165, 1.54) is 5.56 Å². The monoisotopic (exact) mass is 265 g/mol. The highest BCUT2D eigenvalue weighted by Crippen LogP contribution is 2.24. The summed E-state index contributed by atoms with van der Waals surface area (Å²) in [6.45, 7) is 0. The number of nitrogens with zero attached hydrogens (tertiary/aromatic N) is 1. The average Bonchev–Trinajstić information content (AvgIpc) is 2.97. The molecule has 0 fully saturated rings. The zero-order valence-corrected chi connectivity index (χ0v) is 11.2. The normalized spacial score (nSPS) is 10.4. The van der Waals surface area contributed by atoms with E-state index in [1.54, 1.807) is 13.4 Å². The molecule has 0 amide bonds. The number of hydrogen-bond acceptors (Lipinski definition) is 3. The Morgan fingerprint density at radius 2 is 1.75 bits per heavy atom. The van der Waals surface area contributed by atoms with Crippen molar-refractivity contribution in [1.29, 1.82) is 0 Å². The quantitative estimate of drug-likeness (QED) is 0.716. The molecule has 0 aliphatic rings. The van der Waals surface area contributed by atoms with Crippen molar-refractivity contribution in [2.45, 2.75) is 6.42 Å². The van der Waals surface area contributed by atoms with E-state index in [-0.39, 0.29) is 0 Å². The molecule has 1 heterocycles. The zero-order valence-electron chi connectivity index (χ0n) is 11.2. The summed E-state index contributed by atoms with van der Waals surface area (Å²) in [5.41, 5.74) is 4.26. The molecule has 0 bridgehead atoms. The van der Waals surface area contributed by atoms with Crippen LogP contribution in [0.4, 0.5) is 0 Å². The summed E-state index contributed by atoms with van der Waals surface area (Å²) in [6.07, 6.45) is 2.50. The van der Waals surface area contributed by atoms with Gasteiger partial charge in [-0.3, -0.25) is 0 Å². The summed E-state index contributed by atoms with van der Waals surface area (Å²) in [5, 5.41) is 4.12. The number of benzene rings is 2. The predicted octanol–water partition coefficient (Wildman–Crippen LogP) is 3.94. The summed E-state index contributed by atoms with van der Waals surface area (Å²) in [7, 11) is 1.67. The maximum absolute atomic E-state index is 5.17. The van der Waals surface area contributed by atoms with Gasteiger partial charge in [0.05, 0.1) is 7.11 Å². The molecule has 0 aliphatic heterocycles. The second-order valence-corrected chi connectivity index (χ2v) is 4.58. The van der Waals surface area contributed by atoms with Crippen molar-refractivity contribution in [3.8, 4) is 17.0 Å². The standard InChI is InChI=1S/C17H15NO2/c1-19-16-9-7-13(8-10-16)11-15-12-20-18-17(15)14-5-3-2-4-6-14/h2-10,12H,11H2,1H3. The van der Waals surface area contributed by atoms with Crippen LogP contribution >= 0.6 is 0 Å². The fourth-order valence-corrected chi connectivity index (χ4v) is 2.18. The maximum Gasteiger partial charge on any atom is 0.127 e. The Morgan fingerprint density at radius 3 is 2.45 bits per heavy atom. The minimum atomic E-state index is 0.789. The molecule has 3 nitrogen and oxygen atoms in total. The van der Waals surface area contributed by atoms with Crippen molar-refractivity contribution in [2.75, 3.05) is 7.11 Å². The third kappa shape index (κ3) is 2.57. The van der Waals surface area contributed by atoms with Crippen LogP contribution in [-0.4, -0.2) is 12.3 Å². The Morgan fingerprint density at radius 1 is 1.00 bits per heavy atom. The Kier molecular flexibility index (Phi) is 3.50. The SMILES string of the molecule is COc1ccc(Cc2conc2-c2ccccc2)cc1. The second-order valence-electron chi connectivity index (χ2n) is 4.58. The van der Waals surface area contributed by atoms with E-state index in [9.17, 15) is 0 Å². The van der Waals surface area contributed by atoms with Gasteiger partial charge in [-0.15, -0.1) is 0 Å². The van der Waals surface area contributed by atoms with Gasteiger partial charge in [0.2, 0.25) is 0 Å². The summed E-state index contributed by atoms with van der Waals surface area (Å²) in [5.74, 6) is 0.863. The van der Waals surface area contributed by atoms with Crippen molar-refractivity contribution < 1.29 is 9.26 Å². The lowest BCUT2D eigenvalue weighted by Crippen LogP contribution is -1.90. The van der Waals surface area contributed by atoms with Gasteiger partial charge in [0, 0.05) is 17.5 Å². The third-order valence-electron chi connectivity index (χ3n) is 3.24. The van der Waals surface area contributed by atoms with Crippen molar-refractivity contribution >= 4 is 0 Å². The van der Waals surface area contributed by atoms with E-state index >= 15 is 0 Å². The molecular weight excluding hydrogens is 250 g/mol. The Hall–Kier alpha value is -2.55. The Balaban J connectivity index is 1.86. The molecule has 0 saturated carbocycles. The molecule has 3 heteroatoms. The zero-order chi connectivity index (χ0) is 13.8. The van der Waals surface area contributed by atoms with Gasteiger partial charge in [-0.25, -0.2) is 0 Å². The number of rotatable bonds is 4. The van der Waals surface area contributed by atoms with E-state index in [1.807, 2.05) is 42.5 Å². The predicted molar refractivity (Wildman–Crippen MR) is 77.7 cm³/mol. The lowest BCUT2D eigenvalue weighted by atomic mass is 10.0. The summed E-state index contributed by atoms with van der Waals surface area (Å²) in [6, 6.07) is 18.1. The smallest absolute Gasteiger partial charge is 0.127 e. The Labute approximate surface area is 117 Å². The van der Waals surface area contributed by atoms with Crippen molar-refractivity contribution in [3.63, 3.8) is 0 Å². The molecule has 0 saturated heterocycles. The molecule has 3 aromatic rings. The van der Waals surface area contributed by atoms with Gasteiger partial charge < -0.3 is 9.26 Å². The second kappa shape index (κ2) is 5.61. The van der Waals surface area contributed by atoms with Crippen LogP contribution in [0.5, 0.6) is 5.75 Å². The molecule has 0 atom stereocenters. The minimum Gasteiger partial charge on any atom is -0.497 e. The van der Waals surface area contributed by atoms with Crippen LogP contribution in [0, 0.1) is 0 Å². The largest absolute Gasteiger partial charge is 0.497 e. The molecule has 0 unspecified atom stereocenters. The van der Waals surface area contributed by atoms with Gasteiger partial charge in [0.1, 0.15) is 17.7 Å². The number of hydrogen-bond donors (Lipinski definition) is 0. The summed E-state index contributed by atoms with van der Waals surface area (Å²) < 4.78 is 10.3. The highest BCUT2D eigenvalue weighted by Gasteiger charge is 2.10. The molecule has 20 heavy (non-hydrogen) atoms. The van der Waals surface area contributed by atoms with Gasteiger partial charge in [0.25, 0.3) is 0 Å². The number of aromatic nitrogens is 1. The fourth-order valence-electron chi connectivity index (χ4n) is 2.18. The van der Waals surface area contributed by atoms with Gasteiger partial charge in [-0.05, 0) is 17.7 Å². The van der Waals surface area contributed by atoms with Crippen LogP contribution in [0.15, 0.2) is 65.4 Å². The lowest BCUT2D eigenvalue weighted by Gasteiger charge is -2.03. The van der Waals surface area contributed by atoms with Crippen molar-refractivity contribution in [1.82, 2.24) is 5.16 Å². The lowest BCUT2D eigenvalue weighted by molar-refractivity contribution is 0.414. The molecule has 1 aromatic heterocycles. The van der Waals surface area contributed by atoms with E-state index in [0.717, 1.165) is 29.0 Å². The minimum absolute atomic E-state index is 0.789. The summed E-state index contributed by atoms with van der Waals surface area (Å²) in [4.78, 5) is 0. The van der Waals surface area contributed by atoms with Gasteiger partial charge >= 0.3 is 0 Å². The van der Waals surface area contributed by atoms with Crippen LogP contribution in [-0.2, 0) is 6.42 Å². The highest BCUT2D eigenvalue weighted by molar-refractivity contribution is 5.62. The highest BCUT2D eigenvalue weighted by atomic mass is 16.5. The molecule has 0 aliphatic carbocycles. The van der Waals surface area contributed by atoms with E-state index in [2.05, 4.69) is 17.3 Å². The van der Waals surface area contributed by atoms with Crippen LogP contribution < -0.4 is 4.74 Å². The van der Waals surface area contributed by atoms with Crippen LogP contribution in [0.1, 0.15) is 11.1 Å². The first-order chi connectivity index (χ1) is 9.86. The van der Waals surface area contributed by atoms with Crippen molar-refractivity contribution in [2.24, 2.45) is 0 Å². The molecule has 100 valence electrons. The molecule has 2 aromatic carbocycles. The number of ether oxygens (including phenoxy) is 1. The van der Waals surface area contributed by atoms with Gasteiger partial charge in [-0.2, -0.15) is 0 Å². The summed E-state index contributed by atoms with van der Waals surface area (Å²) >= 11 is 0. The van der Waals surface area contributed by atoms with E-state index < -0.39 is 0 Å². The maximum atomic E-state index is 5.17. The third-order valence-corrected chi connectivity index (χ3v) is 3.24. The van der Waals surface area contributed by atoms with Gasteiger partial charge in [0.15, 0.2) is 0 Å². The number of methoxy groups -OCH3 is 1. The van der Waals surface area contributed by atoms with Crippen molar-refractivity contribution in [3.05, 3.63) is 72.0 Å². The topological polar surface area (TPSA) is 35.3 Å².